The molecule has 1 aliphatic rings. The van der Waals surface area contributed by atoms with Gasteiger partial charge in [0, 0.05) is 15.6 Å². The van der Waals surface area contributed by atoms with Crippen molar-refractivity contribution >= 4 is 15.9 Å². The lowest BCUT2D eigenvalue weighted by Gasteiger charge is -2.36. The smallest absolute Gasteiger partial charge is 0.127 e. The van der Waals surface area contributed by atoms with Gasteiger partial charge in [-0.2, -0.15) is 0 Å². The summed E-state index contributed by atoms with van der Waals surface area (Å²) < 4.78 is 6.74. The van der Waals surface area contributed by atoms with E-state index < -0.39 is 0 Å². The molecule has 0 aliphatic heterocycles. The summed E-state index contributed by atoms with van der Waals surface area (Å²) in [5.41, 5.74) is 10.0. The van der Waals surface area contributed by atoms with E-state index in [1.165, 1.54) is 36.0 Å². The van der Waals surface area contributed by atoms with Crippen molar-refractivity contribution in [2.75, 3.05) is 7.11 Å². The summed E-state index contributed by atoms with van der Waals surface area (Å²) in [4.78, 5) is 0. The third-order valence-corrected chi connectivity index (χ3v) is 5.05. The van der Waals surface area contributed by atoms with Gasteiger partial charge in [-0.1, -0.05) is 41.3 Å². The standard InChI is InChI=1S/C15H22BrNO/c1-10-9-11(2)14(18-3)12(13(10)16)15(17)7-5-4-6-8-15/h9H,4-8,17H2,1-3H3. The third kappa shape index (κ3) is 2.30. The molecule has 0 saturated heterocycles. The van der Waals surface area contributed by atoms with Crippen LogP contribution in [0.5, 0.6) is 5.75 Å². The van der Waals surface area contributed by atoms with E-state index in [-0.39, 0.29) is 5.54 Å². The van der Waals surface area contributed by atoms with Gasteiger partial charge < -0.3 is 10.5 Å². The Kier molecular flexibility index (Phi) is 4.02. The number of ether oxygens (including phenoxy) is 1. The minimum atomic E-state index is -0.237. The minimum Gasteiger partial charge on any atom is -0.496 e. The molecule has 18 heavy (non-hydrogen) atoms. The Morgan fingerprint density at radius 3 is 2.33 bits per heavy atom. The van der Waals surface area contributed by atoms with Crippen LogP contribution in [0.2, 0.25) is 0 Å². The summed E-state index contributed by atoms with van der Waals surface area (Å²) in [7, 11) is 1.74. The molecule has 0 bridgehead atoms. The summed E-state index contributed by atoms with van der Waals surface area (Å²) >= 11 is 3.72. The van der Waals surface area contributed by atoms with E-state index in [4.69, 9.17) is 10.5 Å². The molecule has 0 unspecified atom stereocenters. The van der Waals surface area contributed by atoms with E-state index in [0.29, 0.717) is 0 Å². The molecule has 2 N–H and O–H groups in total. The molecule has 0 spiro atoms. The van der Waals surface area contributed by atoms with Gasteiger partial charge in [0.2, 0.25) is 0 Å². The normalized spacial score (nSPS) is 18.7. The number of benzene rings is 1. The van der Waals surface area contributed by atoms with Crippen LogP contribution in [0.3, 0.4) is 0 Å². The van der Waals surface area contributed by atoms with Crippen molar-refractivity contribution < 1.29 is 4.74 Å². The van der Waals surface area contributed by atoms with Gasteiger partial charge in [0.15, 0.2) is 0 Å². The number of halogens is 1. The molecule has 1 aromatic carbocycles. The van der Waals surface area contributed by atoms with Gasteiger partial charge in [-0.3, -0.25) is 0 Å². The Morgan fingerprint density at radius 1 is 1.17 bits per heavy atom. The van der Waals surface area contributed by atoms with E-state index in [2.05, 4.69) is 35.8 Å². The average Bonchev–Trinajstić information content (AvgIpc) is 2.34. The molecule has 0 radical (unpaired) electrons. The fraction of sp³-hybridized carbons (Fsp3) is 0.600. The van der Waals surface area contributed by atoms with Crippen LogP contribution in [-0.4, -0.2) is 7.11 Å². The first-order valence-corrected chi connectivity index (χ1v) is 7.42. The molecule has 0 heterocycles. The van der Waals surface area contributed by atoms with Gasteiger partial charge in [-0.25, -0.2) is 0 Å². The second-order valence-electron chi connectivity index (χ2n) is 5.45. The summed E-state index contributed by atoms with van der Waals surface area (Å²) in [5.74, 6) is 0.955. The first-order valence-electron chi connectivity index (χ1n) is 6.62. The van der Waals surface area contributed by atoms with Gasteiger partial charge in [-0.15, -0.1) is 0 Å². The highest BCUT2D eigenvalue weighted by atomic mass is 79.9. The lowest BCUT2D eigenvalue weighted by atomic mass is 9.76. The van der Waals surface area contributed by atoms with Gasteiger partial charge in [0.1, 0.15) is 5.75 Å². The molecule has 2 nitrogen and oxygen atoms in total. The van der Waals surface area contributed by atoms with E-state index >= 15 is 0 Å². The minimum absolute atomic E-state index is 0.237. The van der Waals surface area contributed by atoms with Crippen molar-refractivity contribution in [1.29, 1.82) is 0 Å². The van der Waals surface area contributed by atoms with Crippen LogP contribution >= 0.6 is 15.9 Å². The molecule has 0 aromatic heterocycles. The number of hydrogen-bond donors (Lipinski definition) is 1. The van der Waals surface area contributed by atoms with Crippen molar-refractivity contribution in [2.45, 2.75) is 51.5 Å². The lowest BCUT2D eigenvalue weighted by molar-refractivity contribution is 0.287. The van der Waals surface area contributed by atoms with E-state index in [0.717, 1.165) is 23.1 Å². The highest BCUT2D eigenvalue weighted by molar-refractivity contribution is 9.10. The van der Waals surface area contributed by atoms with Gasteiger partial charge in [0.25, 0.3) is 0 Å². The van der Waals surface area contributed by atoms with Crippen molar-refractivity contribution in [1.82, 2.24) is 0 Å². The highest BCUT2D eigenvalue weighted by Gasteiger charge is 2.35. The first-order chi connectivity index (χ1) is 8.49. The zero-order valence-corrected chi connectivity index (χ0v) is 13.1. The van der Waals surface area contributed by atoms with E-state index in [1.807, 2.05) is 0 Å². The topological polar surface area (TPSA) is 35.2 Å². The maximum Gasteiger partial charge on any atom is 0.127 e. The largest absolute Gasteiger partial charge is 0.496 e. The molecule has 1 fully saturated rings. The maximum atomic E-state index is 6.69. The number of aryl methyl sites for hydroxylation is 2. The van der Waals surface area contributed by atoms with Crippen molar-refractivity contribution in [3.8, 4) is 5.75 Å². The van der Waals surface area contributed by atoms with E-state index in [9.17, 15) is 0 Å². The monoisotopic (exact) mass is 311 g/mol. The third-order valence-electron chi connectivity index (χ3n) is 4.03. The van der Waals surface area contributed by atoms with Crippen LogP contribution in [0, 0.1) is 13.8 Å². The second kappa shape index (κ2) is 5.22. The number of methoxy groups -OCH3 is 1. The van der Waals surface area contributed by atoms with E-state index in [1.54, 1.807) is 7.11 Å². The summed E-state index contributed by atoms with van der Waals surface area (Å²) in [5, 5.41) is 0. The number of hydrogen-bond acceptors (Lipinski definition) is 2. The average molecular weight is 312 g/mol. The molecule has 1 aliphatic carbocycles. The Labute approximate surface area is 118 Å². The molecule has 0 atom stereocenters. The zero-order valence-electron chi connectivity index (χ0n) is 11.5. The fourth-order valence-corrected chi connectivity index (χ4v) is 3.78. The van der Waals surface area contributed by atoms with Crippen molar-refractivity contribution in [2.24, 2.45) is 5.73 Å². The van der Waals surface area contributed by atoms with Crippen LogP contribution in [-0.2, 0) is 5.54 Å². The molecule has 1 saturated carbocycles. The highest BCUT2D eigenvalue weighted by Crippen LogP contribution is 2.45. The molecule has 100 valence electrons. The number of rotatable bonds is 2. The Morgan fingerprint density at radius 2 is 1.78 bits per heavy atom. The molecular weight excluding hydrogens is 290 g/mol. The Bertz CT molecular complexity index is 450. The van der Waals surface area contributed by atoms with Crippen LogP contribution in [0.4, 0.5) is 0 Å². The van der Waals surface area contributed by atoms with Crippen molar-refractivity contribution in [3.63, 3.8) is 0 Å². The van der Waals surface area contributed by atoms with Crippen LogP contribution in [0.25, 0.3) is 0 Å². The van der Waals surface area contributed by atoms with Crippen LogP contribution in [0.1, 0.15) is 48.8 Å². The number of nitrogens with two attached hydrogens (primary N) is 1. The second-order valence-corrected chi connectivity index (χ2v) is 6.24. The lowest BCUT2D eigenvalue weighted by Crippen LogP contribution is -2.39. The van der Waals surface area contributed by atoms with Gasteiger partial charge >= 0.3 is 0 Å². The maximum absolute atomic E-state index is 6.69. The summed E-state index contributed by atoms with van der Waals surface area (Å²) in [6.45, 7) is 4.21. The van der Waals surface area contributed by atoms with Gasteiger partial charge in [-0.05, 0) is 37.8 Å². The molecule has 1 aromatic rings. The summed E-state index contributed by atoms with van der Waals surface area (Å²) in [6, 6.07) is 2.15. The fourth-order valence-electron chi connectivity index (χ4n) is 3.09. The molecule has 3 heteroatoms. The van der Waals surface area contributed by atoms with Crippen LogP contribution < -0.4 is 10.5 Å². The molecule has 0 amide bonds. The van der Waals surface area contributed by atoms with Crippen molar-refractivity contribution in [3.05, 3.63) is 27.2 Å². The SMILES string of the molecule is COc1c(C)cc(C)c(Br)c1C1(N)CCCCC1. The predicted octanol–water partition coefficient (Wildman–Crippen LogP) is 4.19. The predicted molar refractivity (Wildman–Crippen MR) is 79.1 cm³/mol. The first kappa shape index (κ1) is 13.9. The zero-order chi connectivity index (χ0) is 13.3. The summed E-state index contributed by atoms with van der Waals surface area (Å²) in [6.07, 6.45) is 5.80. The molecular formula is C15H22BrNO. The Hall–Kier alpha value is -0.540. The van der Waals surface area contributed by atoms with Crippen LogP contribution in [0.15, 0.2) is 10.5 Å². The Balaban J connectivity index is 2.60. The van der Waals surface area contributed by atoms with Gasteiger partial charge in [0.05, 0.1) is 7.11 Å². The molecule has 2 rings (SSSR count). The quantitative estimate of drug-likeness (QED) is 0.888.